The average Bonchev–Trinajstić information content (AvgIpc) is 1.38. The summed E-state index contributed by atoms with van der Waals surface area (Å²) in [7, 11) is -1.85. The fraction of sp³-hybridized carbons (Fsp3) is 0. The standard InChI is InChI=1S/Al.BClH2O3.Mg.5H/c;2-5-1(3)4;;;;;;/h;3-4H;;;;;;. The molecule has 0 aromatic heterocycles. The lowest BCUT2D eigenvalue weighted by Gasteiger charge is -1.80. The lowest BCUT2D eigenvalue weighted by Crippen LogP contribution is -2.09. The molecule has 7 heteroatoms. The molecule has 0 aliphatic carbocycles. The first-order chi connectivity index (χ1) is 2.27. The van der Waals surface area contributed by atoms with Gasteiger partial charge in [0.05, 0.1) is 0 Å². The molecule has 3 nitrogen and oxygen atoms in total. The van der Waals surface area contributed by atoms with Crippen molar-refractivity contribution < 1.29 is 14.3 Å². The summed E-state index contributed by atoms with van der Waals surface area (Å²) in [5.74, 6) is 0. The first-order valence-corrected chi connectivity index (χ1v) is 1.22. The van der Waals surface area contributed by atoms with E-state index in [4.69, 9.17) is 10.0 Å². The van der Waals surface area contributed by atoms with Gasteiger partial charge in [-0.25, -0.2) is 0 Å². The van der Waals surface area contributed by atoms with Crippen LogP contribution >= 0.6 is 11.9 Å². The van der Waals surface area contributed by atoms with E-state index >= 15 is 0 Å². The summed E-state index contributed by atoms with van der Waals surface area (Å²) in [4.78, 5) is 0. The molecule has 0 aliphatic heterocycles. The second-order valence-electron chi connectivity index (χ2n) is 0.415. The molecule has 0 aromatic rings. The maximum Gasteiger partial charge on any atom is 0.650 e. The summed E-state index contributed by atoms with van der Waals surface area (Å²) < 4.78 is 3.33. The van der Waals surface area contributed by atoms with Crippen LogP contribution in [0.5, 0.6) is 0 Å². The molecule has 0 bridgehead atoms. The van der Waals surface area contributed by atoms with E-state index < -0.39 is 7.32 Å². The normalized spacial score (nSPS) is 5.57. The van der Waals surface area contributed by atoms with Gasteiger partial charge in [0.1, 0.15) is 0 Å². The average molecular weight is 153 g/mol. The Morgan fingerprint density at radius 3 is 1.57 bits per heavy atom. The zero-order chi connectivity index (χ0) is 4.28. The molecule has 0 fully saturated rings. The molecule has 0 atom stereocenters. The van der Waals surface area contributed by atoms with Gasteiger partial charge in [-0.05, 0) is 0 Å². The topological polar surface area (TPSA) is 49.7 Å². The Morgan fingerprint density at radius 1 is 1.43 bits per heavy atom. The van der Waals surface area contributed by atoms with Crippen molar-refractivity contribution in [2.75, 3.05) is 0 Å². The van der Waals surface area contributed by atoms with E-state index in [1.165, 1.54) is 0 Å². The van der Waals surface area contributed by atoms with Gasteiger partial charge in [-0.1, -0.05) is 0 Å². The minimum absolute atomic E-state index is 0. The van der Waals surface area contributed by atoms with Crippen molar-refractivity contribution in [3.63, 3.8) is 0 Å². The maximum absolute atomic E-state index is 7.56. The van der Waals surface area contributed by atoms with Gasteiger partial charge in [0.15, 0.2) is 17.4 Å². The van der Waals surface area contributed by atoms with Crippen molar-refractivity contribution in [3.05, 3.63) is 0 Å². The molecule has 0 amide bonds. The smallest absolute Gasteiger partial charge is 0.401 e. The molecule has 40 valence electrons. The Kier molecular flexibility index (Phi) is 23.7. The summed E-state index contributed by atoms with van der Waals surface area (Å²) >= 11 is 4.34. The van der Waals surface area contributed by atoms with Gasteiger partial charge in [0.2, 0.25) is 0 Å². The van der Waals surface area contributed by atoms with Gasteiger partial charge in [-0.2, -0.15) is 0 Å². The molecule has 0 rings (SSSR count). The SMILES string of the molecule is OB(O)OCl.[AlH3].[MgH2]. The van der Waals surface area contributed by atoms with Crippen LogP contribution in [-0.4, -0.2) is 57.8 Å². The minimum atomic E-state index is -1.85. The minimum Gasteiger partial charge on any atom is -0.401 e. The van der Waals surface area contributed by atoms with Crippen LogP contribution in [0.25, 0.3) is 0 Å². The molecule has 0 saturated heterocycles. The monoisotopic (exact) mass is 152 g/mol. The van der Waals surface area contributed by atoms with Crippen LogP contribution in [0.15, 0.2) is 0 Å². The van der Waals surface area contributed by atoms with E-state index in [0.29, 0.717) is 0 Å². The second kappa shape index (κ2) is 10.5. The van der Waals surface area contributed by atoms with Gasteiger partial charge in [-0.3, -0.25) is 4.21 Å². The van der Waals surface area contributed by atoms with Crippen LogP contribution < -0.4 is 0 Å². The van der Waals surface area contributed by atoms with Gasteiger partial charge < -0.3 is 10.0 Å². The molecule has 0 saturated carbocycles. The number of hydrogen-bond donors (Lipinski definition) is 2. The van der Waals surface area contributed by atoms with Crippen molar-refractivity contribution in [3.8, 4) is 0 Å². The van der Waals surface area contributed by atoms with Crippen molar-refractivity contribution in [1.29, 1.82) is 0 Å². The summed E-state index contributed by atoms with van der Waals surface area (Å²) in [6, 6.07) is 0. The van der Waals surface area contributed by atoms with Crippen LogP contribution in [0.1, 0.15) is 0 Å². The van der Waals surface area contributed by atoms with E-state index in [2.05, 4.69) is 16.1 Å². The summed E-state index contributed by atoms with van der Waals surface area (Å²) in [5.41, 5.74) is 0. The fourth-order valence-corrected chi connectivity index (χ4v) is 0. The lowest BCUT2D eigenvalue weighted by atomic mass is 10.3. The van der Waals surface area contributed by atoms with Crippen LogP contribution in [0.4, 0.5) is 0 Å². The van der Waals surface area contributed by atoms with E-state index in [0.717, 1.165) is 0 Å². The molecular formula is H7AlBClMgO3. The van der Waals surface area contributed by atoms with Crippen LogP contribution in [0.2, 0.25) is 0 Å². The van der Waals surface area contributed by atoms with E-state index in [9.17, 15) is 0 Å². The van der Waals surface area contributed by atoms with E-state index in [1.54, 1.807) is 0 Å². The molecular weight excluding hydrogens is 146 g/mol. The highest BCUT2D eigenvalue weighted by Crippen LogP contribution is 1.75. The summed E-state index contributed by atoms with van der Waals surface area (Å²) in [6.07, 6.45) is 0. The van der Waals surface area contributed by atoms with Crippen LogP contribution in [0, 0.1) is 0 Å². The third kappa shape index (κ3) is 18.5. The molecule has 2 N–H and O–H groups in total. The van der Waals surface area contributed by atoms with Crippen molar-refractivity contribution >= 4 is 59.6 Å². The Hall–Kier alpha value is 1.53. The van der Waals surface area contributed by atoms with E-state index in [-0.39, 0.29) is 40.4 Å². The molecule has 0 heterocycles. The van der Waals surface area contributed by atoms with Gasteiger partial charge in [0.25, 0.3) is 0 Å². The fourth-order valence-electron chi connectivity index (χ4n) is 0. The highest BCUT2D eigenvalue weighted by Gasteiger charge is 2.03. The first kappa shape index (κ1) is 15.8. The Balaban J connectivity index is -0.0000000800. The summed E-state index contributed by atoms with van der Waals surface area (Å²) in [6.45, 7) is 0. The second-order valence-corrected chi connectivity index (χ2v) is 0.594. The van der Waals surface area contributed by atoms with Gasteiger partial charge >= 0.3 is 30.4 Å². The predicted octanol–water partition coefficient (Wildman–Crippen LogP) is -2.97. The lowest BCUT2D eigenvalue weighted by molar-refractivity contribution is 0.300. The van der Waals surface area contributed by atoms with Crippen molar-refractivity contribution in [2.45, 2.75) is 0 Å². The summed E-state index contributed by atoms with van der Waals surface area (Å²) in [5, 5.41) is 15.1. The molecule has 0 aliphatic rings. The molecule has 0 spiro atoms. The Bertz CT molecular complexity index is 28.9. The molecule has 0 radical (unpaired) electrons. The molecule has 7 heavy (non-hydrogen) atoms. The van der Waals surface area contributed by atoms with Crippen LogP contribution in [-0.2, 0) is 4.21 Å². The number of hydrogen-bond acceptors (Lipinski definition) is 3. The third-order valence-electron chi connectivity index (χ3n) is 0.0797. The predicted molar refractivity (Wildman–Crippen MR) is 35.6 cm³/mol. The molecule has 0 aromatic carbocycles. The molecule has 0 unspecified atom stereocenters. The maximum atomic E-state index is 7.56. The Labute approximate surface area is 73.6 Å². The van der Waals surface area contributed by atoms with Gasteiger partial charge in [-0.15, -0.1) is 0 Å². The number of halogens is 1. The zero-order valence-electron chi connectivity index (χ0n) is 2.26. The van der Waals surface area contributed by atoms with Crippen molar-refractivity contribution in [1.82, 2.24) is 0 Å². The quantitative estimate of drug-likeness (QED) is 0.395. The van der Waals surface area contributed by atoms with E-state index in [1.807, 2.05) is 0 Å². The Morgan fingerprint density at radius 2 is 1.57 bits per heavy atom. The van der Waals surface area contributed by atoms with Crippen molar-refractivity contribution in [2.24, 2.45) is 0 Å². The zero-order valence-corrected chi connectivity index (χ0v) is 3.01. The van der Waals surface area contributed by atoms with Crippen LogP contribution in [0.3, 0.4) is 0 Å². The largest absolute Gasteiger partial charge is 0.650 e. The number of rotatable bonds is 1. The highest BCUT2D eigenvalue weighted by molar-refractivity contribution is 6.40. The first-order valence-electron chi connectivity index (χ1n) is 0.906. The van der Waals surface area contributed by atoms with Gasteiger partial charge in [0, 0.05) is 11.9 Å². The third-order valence-corrected chi connectivity index (χ3v) is 0.239. The highest BCUT2D eigenvalue weighted by atomic mass is 35.5.